The van der Waals surface area contributed by atoms with E-state index in [9.17, 15) is 17.6 Å². The van der Waals surface area contributed by atoms with E-state index in [-0.39, 0.29) is 30.3 Å². The first kappa shape index (κ1) is 18.9. The van der Waals surface area contributed by atoms with E-state index in [4.69, 9.17) is 0 Å². The first-order chi connectivity index (χ1) is 11.3. The van der Waals surface area contributed by atoms with Crippen LogP contribution in [0.1, 0.15) is 30.0 Å². The van der Waals surface area contributed by atoms with Crippen LogP contribution < -0.4 is 5.32 Å². The summed E-state index contributed by atoms with van der Waals surface area (Å²) < 4.78 is 51.3. The van der Waals surface area contributed by atoms with Gasteiger partial charge < -0.3 is 10.3 Å². The van der Waals surface area contributed by atoms with Crippen molar-refractivity contribution in [3.63, 3.8) is 0 Å². The van der Waals surface area contributed by atoms with Gasteiger partial charge in [-0.1, -0.05) is 0 Å². The van der Waals surface area contributed by atoms with Gasteiger partial charge in [0.15, 0.2) is 0 Å². The molecule has 10 heteroatoms. The Morgan fingerprint density at radius 2 is 1.92 bits per heavy atom. The number of fused-ring (bicyclic) bond motifs is 1. The minimum atomic E-state index is -4.44. The van der Waals surface area contributed by atoms with E-state index in [1.807, 2.05) is 0 Å². The summed E-state index contributed by atoms with van der Waals surface area (Å²) in [5.41, 5.74) is 0.249. The number of pyridine rings is 1. The van der Waals surface area contributed by atoms with Crippen LogP contribution in [-0.2, 0) is 12.7 Å². The topological polar surface area (TPSA) is 66.5 Å². The molecule has 0 aliphatic rings. The Bertz CT molecular complexity index is 862. The van der Waals surface area contributed by atoms with Gasteiger partial charge in [-0.05, 0) is 24.6 Å². The summed E-state index contributed by atoms with van der Waals surface area (Å²) >= 11 is 0. The summed E-state index contributed by atoms with van der Waals surface area (Å²) in [7, 11) is 0. The summed E-state index contributed by atoms with van der Waals surface area (Å²) in [5.74, 6) is 0.426. The second-order valence-electron chi connectivity index (χ2n) is 5.26. The summed E-state index contributed by atoms with van der Waals surface area (Å²) in [4.78, 5) is 14.0. The van der Waals surface area contributed by atoms with Crippen molar-refractivity contribution >= 4 is 29.3 Å². The first-order valence-electron chi connectivity index (χ1n) is 7.07. The second kappa shape index (κ2) is 7.22. The zero-order valence-corrected chi connectivity index (χ0v) is 13.7. The second-order valence-corrected chi connectivity index (χ2v) is 5.26. The molecule has 0 saturated carbocycles. The minimum Gasteiger partial charge on any atom is -0.366 e. The molecule has 0 fully saturated rings. The van der Waals surface area contributed by atoms with Crippen LogP contribution in [0.3, 0.4) is 0 Å². The van der Waals surface area contributed by atoms with E-state index in [0.29, 0.717) is 16.8 Å². The number of hydrogen-bond donors (Lipinski definition) is 2. The largest absolute Gasteiger partial charge is 0.431 e. The van der Waals surface area contributed by atoms with Crippen LogP contribution in [0, 0.1) is 0 Å². The molecule has 0 spiro atoms. The maximum atomic E-state index is 13.2. The zero-order valence-electron chi connectivity index (χ0n) is 12.9. The highest BCUT2D eigenvalue weighted by Crippen LogP contribution is 2.30. The molecule has 0 aromatic carbocycles. The molecule has 0 aliphatic heterocycles. The highest BCUT2D eigenvalue weighted by Gasteiger charge is 2.32. The molecule has 0 bridgehead atoms. The minimum absolute atomic E-state index is 0. The molecule has 1 unspecified atom stereocenters. The summed E-state index contributed by atoms with van der Waals surface area (Å²) in [6.07, 6.45) is -2.95. The molecule has 0 aliphatic carbocycles. The Hall–Kier alpha value is -2.42. The first-order valence-corrected chi connectivity index (χ1v) is 7.07. The number of rotatable bonds is 4. The molecule has 0 saturated heterocycles. The fourth-order valence-corrected chi connectivity index (χ4v) is 2.19. The lowest BCUT2D eigenvalue weighted by Gasteiger charge is -2.07. The van der Waals surface area contributed by atoms with Crippen LogP contribution in [0.5, 0.6) is 0 Å². The number of aromatic amines is 1. The molecule has 3 aromatic rings. The summed E-state index contributed by atoms with van der Waals surface area (Å²) in [5, 5.41) is 3.33. The SMILES string of the molecule is CC(F)c1cc(NCc2cnc3[nH]c(C(F)(F)F)cc3c2)ncn1.Cl. The monoisotopic (exact) mass is 375 g/mol. The van der Waals surface area contributed by atoms with Crippen molar-refractivity contribution in [2.45, 2.75) is 25.8 Å². The van der Waals surface area contributed by atoms with E-state index in [2.05, 4.69) is 25.3 Å². The molecular weight excluding hydrogens is 362 g/mol. The molecule has 1 atom stereocenters. The highest BCUT2D eigenvalue weighted by atomic mass is 35.5. The van der Waals surface area contributed by atoms with Crippen molar-refractivity contribution in [2.24, 2.45) is 0 Å². The van der Waals surface area contributed by atoms with Crippen molar-refractivity contribution in [3.05, 3.63) is 47.7 Å². The molecule has 134 valence electrons. The summed E-state index contributed by atoms with van der Waals surface area (Å²) in [6, 6.07) is 4.09. The van der Waals surface area contributed by atoms with Crippen molar-refractivity contribution in [3.8, 4) is 0 Å². The van der Waals surface area contributed by atoms with Crippen LogP contribution in [0.2, 0.25) is 0 Å². The molecule has 3 aromatic heterocycles. The number of nitrogens with zero attached hydrogens (tertiary/aromatic N) is 3. The van der Waals surface area contributed by atoms with Gasteiger partial charge in [0.2, 0.25) is 0 Å². The van der Waals surface area contributed by atoms with Gasteiger partial charge in [0, 0.05) is 24.2 Å². The van der Waals surface area contributed by atoms with Gasteiger partial charge in [-0.3, -0.25) is 0 Å². The van der Waals surface area contributed by atoms with Crippen LogP contribution >= 0.6 is 12.4 Å². The number of halogens is 5. The number of aromatic nitrogens is 4. The summed E-state index contributed by atoms with van der Waals surface area (Å²) in [6.45, 7) is 1.65. The molecular formula is C15H14ClF4N5. The lowest BCUT2D eigenvalue weighted by molar-refractivity contribution is -0.140. The number of nitrogens with one attached hydrogen (secondary N) is 2. The highest BCUT2D eigenvalue weighted by molar-refractivity contribution is 5.85. The van der Waals surface area contributed by atoms with E-state index in [1.54, 1.807) is 6.07 Å². The maximum Gasteiger partial charge on any atom is 0.431 e. The van der Waals surface area contributed by atoms with Crippen LogP contribution in [0.15, 0.2) is 30.7 Å². The van der Waals surface area contributed by atoms with Crippen molar-refractivity contribution in [1.82, 2.24) is 19.9 Å². The van der Waals surface area contributed by atoms with Crippen LogP contribution in [0.25, 0.3) is 11.0 Å². The van der Waals surface area contributed by atoms with Gasteiger partial charge in [0.05, 0.1) is 5.69 Å². The quantitative estimate of drug-likeness (QED) is 0.662. The average molecular weight is 376 g/mol. The molecule has 2 N–H and O–H groups in total. The molecule has 3 rings (SSSR count). The van der Waals surface area contributed by atoms with Gasteiger partial charge in [-0.15, -0.1) is 12.4 Å². The fraction of sp³-hybridized carbons (Fsp3) is 0.267. The average Bonchev–Trinajstić information content (AvgIpc) is 2.96. The maximum absolute atomic E-state index is 13.2. The Kier molecular flexibility index (Phi) is 5.46. The van der Waals surface area contributed by atoms with Crippen molar-refractivity contribution in [1.29, 1.82) is 0 Å². The smallest absolute Gasteiger partial charge is 0.366 e. The molecule has 0 radical (unpaired) electrons. The lowest BCUT2D eigenvalue weighted by Crippen LogP contribution is -2.04. The Morgan fingerprint density at radius 1 is 1.16 bits per heavy atom. The Balaban J connectivity index is 0.00000225. The van der Waals surface area contributed by atoms with Gasteiger partial charge in [0.1, 0.15) is 29.7 Å². The third kappa shape index (κ3) is 4.36. The number of anilines is 1. The van der Waals surface area contributed by atoms with E-state index in [0.717, 1.165) is 6.07 Å². The van der Waals surface area contributed by atoms with E-state index >= 15 is 0 Å². The predicted octanol–water partition coefficient (Wildman–Crippen LogP) is 4.44. The standard InChI is InChI=1S/C15H13F4N5.ClH/c1-8(16)11-4-13(23-7-22-11)20-5-9-2-10-3-12(15(17,18)19)24-14(10)21-6-9;/h2-4,6-8H,5H2,1H3,(H,21,24)(H,20,22,23);1H. The normalized spacial score (nSPS) is 12.7. The predicted molar refractivity (Wildman–Crippen MR) is 87.2 cm³/mol. The van der Waals surface area contributed by atoms with E-state index in [1.165, 1.54) is 25.5 Å². The van der Waals surface area contributed by atoms with Crippen LogP contribution in [-0.4, -0.2) is 19.9 Å². The third-order valence-electron chi connectivity index (χ3n) is 3.40. The Morgan fingerprint density at radius 3 is 2.60 bits per heavy atom. The fourth-order valence-electron chi connectivity index (χ4n) is 2.19. The number of H-pyrrole nitrogens is 1. The molecule has 5 nitrogen and oxygen atoms in total. The van der Waals surface area contributed by atoms with E-state index < -0.39 is 18.0 Å². The third-order valence-corrected chi connectivity index (χ3v) is 3.40. The lowest BCUT2D eigenvalue weighted by atomic mass is 10.2. The van der Waals surface area contributed by atoms with Crippen molar-refractivity contribution < 1.29 is 17.6 Å². The van der Waals surface area contributed by atoms with Crippen molar-refractivity contribution in [2.75, 3.05) is 5.32 Å². The molecule has 3 heterocycles. The number of alkyl halides is 4. The van der Waals surface area contributed by atoms with Gasteiger partial charge in [-0.2, -0.15) is 13.2 Å². The van der Waals surface area contributed by atoms with Gasteiger partial charge in [-0.25, -0.2) is 19.3 Å². The number of hydrogen-bond acceptors (Lipinski definition) is 4. The van der Waals surface area contributed by atoms with Crippen LogP contribution in [0.4, 0.5) is 23.4 Å². The molecule has 0 amide bonds. The Labute approximate surface area is 146 Å². The van der Waals surface area contributed by atoms with Gasteiger partial charge in [0.25, 0.3) is 0 Å². The molecule has 25 heavy (non-hydrogen) atoms. The zero-order chi connectivity index (χ0) is 17.3. The van der Waals surface area contributed by atoms with Gasteiger partial charge >= 0.3 is 6.18 Å².